The molecule has 78 valence electrons. The number of rotatable bonds is 3. The van der Waals surface area contributed by atoms with E-state index in [1.165, 1.54) is 12.8 Å². The highest BCUT2D eigenvalue weighted by molar-refractivity contribution is 7.09. The minimum absolute atomic E-state index is 0.242. The van der Waals surface area contributed by atoms with Gasteiger partial charge in [-0.15, -0.1) is 11.3 Å². The Morgan fingerprint density at radius 1 is 1.57 bits per heavy atom. The quantitative estimate of drug-likeness (QED) is 0.832. The van der Waals surface area contributed by atoms with E-state index in [9.17, 15) is 0 Å². The van der Waals surface area contributed by atoms with Crippen LogP contribution in [0.25, 0.3) is 0 Å². The van der Waals surface area contributed by atoms with Gasteiger partial charge in [0.15, 0.2) is 0 Å². The lowest BCUT2D eigenvalue weighted by molar-refractivity contribution is 0.0126. The molecule has 1 saturated heterocycles. The number of thiazole rings is 1. The van der Waals surface area contributed by atoms with Crippen molar-refractivity contribution < 1.29 is 4.74 Å². The largest absolute Gasteiger partial charge is 0.372 e. The van der Waals surface area contributed by atoms with Gasteiger partial charge in [-0.25, -0.2) is 4.98 Å². The maximum Gasteiger partial charge on any atom is 0.100 e. The fraction of sp³-hybridized carbons (Fsp3) is 0.700. The first-order valence-electron chi connectivity index (χ1n) is 5.16. The maximum absolute atomic E-state index is 5.67. The van der Waals surface area contributed by atoms with Gasteiger partial charge in [0.25, 0.3) is 0 Å². The summed E-state index contributed by atoms with van der Waals surface area (Å²) in [5.41, 5.74) is 6.59. The van der Waals surface area contributed by atoms with Crippen LogP contribution in [-0.2, 0) is 11.2 Å². The Labute approximate surface area is 88.3 Å². The lowest BCUT2D eigenvalue weighted by Gasteiger charge is -2.20. The van der Waals surface area contributed by atoms with Gasteiger partial charge in [-0.2, -0.15) is 0 Å². The lowest BCUT2D eigenvalue weighted by atomic mass is 10.1. The Bertz CT molecular complexity index is 281. The van der Waals surface area contributed by atoms with Crippen LogP contribution in [0, 0.1) is 0 Å². The first kappa shape index (κ1) is 10.1. The minimum atomic E-state index is 0.242. The molecule has 0 spiro atoms. The minimum Gasteiger partial charge on any atom is -0.372 e. The van der Waals surface area contributed by atoms with E-state index < -0.39 is 0 Å². The highest BCUT2D eigenvalue weighted by Gasteiger charge is 2.18. The second-order valence-corrected chi connectivity index (χ2v) is 4.50. The number of hydrogen-bond donors (Lipinski definition) is 1. The summed E-state index contributed by atoms with van der Waals surface area (Å²) in [7, 11) is 0. The van der Waals surface area contributed by atoms with Crippen molar-refractivity contribution in [3.05, 3.63) is 16.1 Å². The van der Waals surface area contributed by atoms with Crippen molar-refractivity contribution in [2.45, 2.75) is 31.8 Å². The van der Waals surface area contributed by atoms with E-state index in [0.29, 0.717) is 6.54 Å². The van der Waals surface area contributed by atoms with Gasteiger partial charge in [-0.05, 0) is 25.8 Å². The summed E-state index contributed by atoms with van der Waals surface area (Å²) in [6, 6.07) is 0. The molecule has 0 bridgehead atoms. The number of nitrogens with zero attached hydrogens (tertiary/aromatic N) is 1. The molecule has 1 unspecified atom stereocenters. The van der Waals surface area contributed by atoms with Crippen molar-refractivity contribution in [3.8, 4) is 0 Å². The molecular weight excluding hydrogens is 196 g/mol. The van der Waals surface area contributed by atoms with Crippen molar-refractivity contribution in [1.82, 2.24) is 4.98 Å². The highest BCUT2D eigenvalue weighted by atomic mass is 32.1. The second kappa shape index (κ2) is 4.87. The molecule has 2 N–H and O–H groups in total. The van der Waals surface area contributed by atoms with E-state index >= 15 is 0 Å². The Morgan fingerprint density at radius 3 is 3.21 bits per heavy atom. The zero-order chi connectivity index (χ0) is 9.80. The van der Waals surface area contributed by atoms with Crippen molar-refractivity contribution in [3.63, 3.8) is 0 Å². The average Bonchev–Trinajstić information content (AvgIpc) is 2.68. The third-order valence-electron chi connectivity index (χ3n) is 2.44. The van der Waals surface area contributed by atoms with Crippen LogP contribution < -0.4 is 5.73 Å². The lowest BCUT2D eigenvalue weighted by Crippen LogP contribution is -2.12. The van der Waals surface area contributed by atoms with Crippen LogP contribution in [0.5, 0.6) is 0 Å². The molecule has 1 aliphatic rings. The molecule has 1 fully saturated rings. The van der Waals surface area contributed by atoms with Crippen molar-refractivity contribution in [2.75, 3.05) is 13.2 Å². The Balaban J connectivity index is 2.00. The fourth-order valence-corrected chi connectivity index (χ4v) is 2.54. The molecule has 2 rings (SSSR count). The van der Waals surface area contributed by atoms with Gasteiger partial charge in [0, 0.05) is 18.4 Å². The average molecular weight is 212 g/mol. The molecule has 0 aliphatic carbocycles. The van der Waals surface area contributed by atoms with Crippen LogP contribution in [0.15, 0.2) is 5.38 Å². The third-order valence-corrected chi connectivity index (χ3v) is 3.36. The second-order valence-electron chi connectivity index (χ2n) is 3.56. The molecule has 14 heavy (non-hydrogen) atoms. The molecule has 3 nitrogen and oxygen atoms in total. The van der Waals surface area contributed by atoms with E-state index in [-0.39, 0.29) is 6.10 Å². The summed E-state index contributed by atoms with van der Waals surface area (Å²) in [5, 5.41) is 3.25. The Hall–Kier alpha value is -0.450. The zero-order valence-electron chi connectivity index (χ0n) is 8.24. The molecule has 0 amide bonds. The molecular formula is C10H16N2OS. The Morgan fingerprint density at radius 2 is 2.50 bits per heavy atom. The monoisotopic (exact) mass is 212 g/mol. The van der Waals surface area contributed by atoms with Crippen molar-refractivity contribution in [1.29, 1.82) is 0 Å². The highest BCUT2D eigenvalue weighted by Crippen LogP contribution is 2.28. The van der Waals surface area contributed by atoms with Crippen LogP contribution in [0.2, 0.25) is 0 Å². The molecule has 4 heteroatoms. The molecule has 2 heterocycles. The van der Waals surface area contributed by atoms with Crippen LogP contribution >= 0.6 is 11.3 Å². The third kappa shape index (κ3) is 2.32. The first-order valence-corrected chi connectivity index (χ1v) is 6.04. The van der Waals surface area contributed by atoms with E-state index in [1.807, 2.05) is 0 Å². The van der Waals surface area contributed by atoms with Gasteiger partial charge in [-0.3, -0.25) is 0 Å². The molecule has 1 aliphatic heterocycles. The molecule has 0 radical (unpaired) electrons. The zero-order valence-corrected chi connectivity index (χ0v) is 9.05. The predicted molar refractivity (Wildman–Crippen MR) is 57.4 cm³/mol. The molecule has 1 atom stereocenters. The summed E-state index contributed by atoms with van der Waals surface area (Å²) in [6.07, 6.45) is 4.69. The van der Waals surface area contributed by atoms with Crippen LogP contribution in [-0.4, -0.2) is 18.1 Å². The predicted octanol–water partition coefficient (Wildman–Crippen LogP) is 1.89. The van der Waals surface area contributed by atoms with Crippen LogP contribution in [0.1, 0.15) is 36.1 Å². The number of ether oxygens (including phenoxy) is 1. The summed E-state index contributed by atoms with van der Waals surface area (Å²) in [5.74, 6) is 0. The molecule has 1 aromatic heterocycles. The van der Waals surface area contributed by atoms with Gasteiger partial charge in [0.05, 0.1) is 10.7 Å². The topological polar surface area (TPSA) is 48.1 Å². The van der Waals surface area contributed by atoms with Gasteiger partial charge >= 0.3 is 0 Å². The van der Waals surface area contributed by atoms with Gasteiger partial charge in [0.2, 0.25) is 0 Å². The smallest absolute Gasteiger partial charge is 0.100 e. The summed E-state index contributed by atoms with van der Waals surface area (Å²) < 4.78 is 5.67. The van der Waals surface area contributed by atoms with E-state index in [4.69, 9.17) is 10.5 Å². The Kier molecular flexibility index (Phi) is 3.50. The van der Waals surface area contributed by atoms with Gasteiger partial charge < -0.3 is 10.5 Å². The van der Waals surface area contributed by atoms with E-state index in [1.54, 1.807) is 11.3 Å². The standard InChI is InChI=1S/C10H16N2OS/c11-5-4-10-12-8(7-14-10)9-3-1-2-6-13-9/h7,9H,1-6,11H2. The molecule has 0 aromatic carbocycles. The summed E-state index contributed by atoms with van der Waals surface area (Å²) in [6.45, 7) is 1.56. The van der Waals surface area contributed by atoms with Crippen LogP contribution in [0.3, 0.4) is 0 Å². The summed E-state index contributed by atoms with van der Waals surface area (Å²) >= 11 is 1.70. The molecule has 0 saturated carbocycles. The number of aromatic nitrogens is 1. The number of nitrogens with two attached hydrogens (primary N) is 1. The molecule has 1 aromatic rings. The normalized spacial score (nSPS) is 22.5. The van der Waals surface area contributed by atoms with E-state index in [0.717, 1.165) is 30.2 Å². The van der Waals surface area contributed by atoms with Crippen LogP contribution in [0.4, 0.5) is 0 Å². The number of hydrogen-bond acceptors (Lipinski definition) is 4. The SMILES string of the molecule is NCCc1nc(C2CCCCO2)cs1. The van der Waals surface area contributed by atoms with Gasteiger partial charge in [-0.1, -0.05) is 0 Å². The van der Waals surface area contributed by atoms with Gasteiger partial charge in [0.1, 0.15) is 6.10 Å². The first-order chi connectivity index (χ1) is 6.90. The summed E-state index contributed by atoms with van der Waals surface area (Å²) in [4.78, 5) is 4.54. The van der Waals surface area contributed by atoms with E-state index in [2.05, 4.69) is 10.4 Å². The van der Waals surface area contributed by atoms with Crippen molar-refractivity contribution in [2.24, 2.45) is 5.73 Å². The van der Waals surface area contributed by atoms with Crippen molar-refractivity contribution >= 4 is 11.3 Å². The maximum atomic E-state index is 5.67. The fourth-order valence-electron chi connectivity index (χ4n) is 1.69.